The van der Waals surface area contributed by atoms with Crippen LogP contribution in [0, 0.1) is 6.92 Å². The number of ether oxygens (including phenoxy) is 1. The van der Waals surface area contributed by atoms with Gasteiger partial charge in [0.1, 0.15) is 18.3 Å². The largest absolute Gasteiger partial charge is 0.495 e. The number of hydrogen-bond donors (Lipinski definition) is 1. The number of nitrogens with zero attached hydrogens (tertiary/aromatic N) is 2. The number of amides is 2. The molecule has 0 aliphatic rings. The van der Waals surface area contributed by atoms with Gasteiger partial charge in [0.15, 0.2) is 0 Å². The average Bonchev–Trinajstić information content (AvgIpc) is 2.91. The molecule has 0 fully saturated rings. The second-order valence-electron chi connectivity index (χ2n) is 10.8. The number of anilines is 1. The number of benzene rings is 3. The van der Waals surface area contributed by atoms with Crippen molar-refractivity contribution in [1.29, 1.82) is 0 Å². The molecule has 0 spiro atoms. The average molecular weight is 600 g/mol. The Labute approximate surface area is 248 Å². The van der Waals surface area contributed by atoms with Crippen molar-refractivity contribution in [1.82, 2.24) is 10.2 Å². The number of carbonyl (C=O) groups is 2. The molecule has 0 heterocycles. The van der Waals surface area contributed by atoms with E-state index in [2.05, 4.69) is 5.32 Å². The zero-order valence-electron chi connectivity index (χ0n) is 24.3. The van der Waals surface area contributed by atoms with E-state index in [0.717, 1.165) is 9.87 Å². The first-order chi connectivity index (χ1) is 19.3. The van der Waals surface area contributed by atoms with Crippen molar-refractivity contribution >= 4 is 39.1 Å². The first-order valence-corrected chi connectivity index (χ1v) is 15.2. The van der Waals surface area contributed by atoms with Gasteiger partial charge in [-0.2, -0.15) is 0 Å². The van der Waals surface area contributed by atoms with Crippen LogP contribution in [0.5, 0.6) is 5.75 Å². The van der Waals surface area contributed by atoms with E-state index in [1.807, 2.05) is 27.7 Å². The third kappa shape index (κ3) is 8.01. The Morgan fingerprint density at radius 3 is 2.17 bits per heavy atom. The molecule has 0 saturated heterocycles. The summed E-state index contributed by atoms with van der Waals surface area (Å²) < 4.78 is 34.6. The van der Waals surface area contributed by atoms with E-state index < -0.39 is 34.1 Å². The lowest BCUT2D eigenvalue weighted by atomic mass is 10.1. The third-order valence-electron chi connectivity index (χ3n) is 6.42. The van der Waals surface area contributed by atoms with Crippen LogP contribution in [0.1, 0.15) is 45.2 Å². The molecule has 2 amide bonds. The maximum Gasteiger partial charge on any atom is 0.264 e. The minimum atomic E-state index is -4.22. The summed E-state index contributed by atoms with van der Waals surface area (Å²) >= 11 is 6.45. The highest BCUT2D eigenvalue weighted by atomic mass is 35.5. The maximum atomic E-state index is 14.2. The second-order valence-corrected chi connectivity index (χ2v) is 13.0. The van der Waals surface area contributed by atoms with Crippen molar-refractivity contribution in [3.05, 3.63) is 88.9 Å². The molecular formula is C31H38ClN3O5S. The van der Waals surface area contributed by atoms with E-state index in [1.54, 1.807) is 67.6 Å². The van der Waals surface area contributed by atoms with Crippen LogP contribution in [0.2, 0.25) is 5.02 Å². The van der Waals surface area contributed by atoms with Crippen LogP contribution < -0.4 is 14.4 Å². The van der Waals surface area contributed by atoms with Gasteiger partial charge in [-0.25, -0.2) is 8.42 Å². The fourth-order valence-corrected chi connectivity index (χ4v) is 5.99. The summed E-state index contributed by atoms with van der Waals surface area (Å²) in [6.07, 6.45) is 0.303. The molecule has 0 aliphatic carbocycles. The number of methoxy groups -OCH3 is 1. The van der Waals surface area contributed by atoms with Gasteiger partial charge in [0.2, 0.25) is 11.8 Å². The van der Waals surface area contributed by atoms with Crippen molar-refractivity contribution in [2.45, 2.75) is 64.1 Å². The fourth-order valence-electron chi connectivity index (χ4n) is 4.37. The Morgan fingerprint density at radius 1 is 0.976 bits per heavy atom. The molecule has 0 bridgehead atoms. The molecular weight excluding hydrogens is 562 g/mol. The standard InChI is InChI=1S/C31H38ClN3O5S/c1-7-26(30(37)33-31(3,4)5)34(20-23-12-8-9-13-25(23)32)29(36)21-35(27-14-10-11-15-28(27)40-6)41(38,39)24-18-16-22(2)17-19-24/h8-19,26H,7,20-21H2,1-6H3,(H,33,37)/t26-/m1/s1. The van der Waals surface area contributed by atoms with Gasteiger partial charge in [0, 0.05) is 17.1 Å². The van der Waals surface area contributed by atoms with E-state index in [-0.39, 0.29) is 28.8 Å². The van der Waals surface area contributed by atoms with E-state index in [4.69, 9.17) is 16.3 Å². The molecule has 8 nitrogen and oxygen atoms in total. The number of aryl methyl sites for hydroxylation is 1. The summed E-state index contributed by atoms with van der Waals surface area (Å²) in [4.78, 5) is 29.1. The highest BCUT2D eigenvalue weighted by Crippen LogP contribution is 2.33. The zero-order valence-corrected chi connectivity index (χ0v) is 25.9. The van der Waals surface area contributed by atoms with Gasteiger partial charge in [0.05, 0.1) is 17.7 Å². The SMILES string of the molecule is CC[C@H](C(=O)NC(C)(C)C)N(Cc1ccccc1Cl)C(=O)CN(c1ccccc1OC)S(=O)(=O)c1ccc(C)cc1. The van der Waals surface area contributed by atoms with Crippen LogP contribution in [0.15, 0.2) is 77.7 Å². The van der Waals surface area contributed by atoms with Crippen LogP contribution in [-0.4, -0.2) is 50.4 Å². The molecule has 1 N–H and O–H groups in total. The maximum absolute atomic E-state index is 14.2. The highest BCUT2D eigenvalue weighted by molar-refractivity contribution is 7.92. The van der Waals surface area contributed by atoms with Crippen LogP contribution in [0.25, 0.3) is 0 Å². The van der Waals surface area contributed by atoms with Gasteiger partial charge in [-0.15, -0.1) is 0 Å². The molecule has 41 heavy (non-hydrogen) atoms. The fraction of sp³-hybridized carbons (Fsp3) is 0.355. The molecule has 0 aromatic heterocycles. The summed E-state index contributed by atoms with van der Waals surface area (Å²) in [5.74, 6) is -0.626. The first kappa shape index (κ1) is 32.0. The third-order valence-corrected chi connectivity index (χ3v) is 8.57. The predicted octanol–water partition coefficient (Wildman–Crippen LogP) is 5.57. The van der Waals surface area contributed by atoms with Gasteiger partial charge >= 0.3 is 0 Å². The quantitative estimate of drug-likeness (QED) is 0.311. The lowest BCUT2D eigenvalue weighted by Crippen LogP contribution is -2.55. The Balaban J connectivity index is 2.12. The van der Waals surface area contributed by atoms with Gasteiger partial charge in [-0.05, 0) is 70.0 Å². The Kier molecular flexibility index (Phi) is 10.4. The van der Waals surface area contributed by atoms with E-state index in [9.17, 15) is 18.0 Å². The predicted molar refractivity (Wildman–Crippen MR) is 163 cm³/mol. The van der Waals surface area contributed by atoms with Crippen molar-refractivity contribution in [2.24, 2.45) is 0 Å². The van der Waals surface area contributed by atoms with Crippen molar-refractivity contribution in [3.63, 3.8) is 0 Å². The summed E-state index contributed by atoms with van der Waals surface area (Å²) in [5.41, 5.74) is 1.19. The van der Waals surface area contributed by atoms with Gasteiger partial charge in [-0.3, -0.25) is 13.9 Å². The molecule has 0 unspecified atom stereocenters. The van der Waals surface area contributed by atoms with Crippen molar-refractivity contribution in [2.75, 3.05) is 18.0 Å². The molecule has 220 valence electrons. The Hall–Kier alpha value is -3.56. The lowest BCUT2D eigenvalue weighted by molar-refractivity contribution is -0.141. The minimum absolute atomic E-state index is 0.0128. The molecule has 0 aliphatic heterocycles. The van der Waals surface area contributed by atoms with Crippen LogP contribution >= 0.6 is 11.6 Å². The molecule has 0 saturated carbocycles. The number of sulfonamides is 1. The van der Waals surface area contributed by atoms with Crippen molar-refractivity contribution in [3.8, 4) is 5.75 Å². The molecule has 3 rings (SSSR count). The lowest BCUT2D eigenvalue weighted by Gasteiger charge is -2.35. The van der Waals surface area contributed by atoms with Gasteiger partial charge in [0.25, 0.3) is 10.0 Å². The van der Waals surface area contributed by atoms with Crippen LogP contribution in [-0.2, 0) is 26.2 Å². The van der Waals surface area contributed by atoms with Crippen LogP contribution in [0.3, 0.4) is 0 Å². The van der Waals surface area contributed by atoms with Crippen molar-refractivity contribution < 1.29 is 22.7 Å². The summed E-state index contributed by atoms with van der Waals surface area (Å²) in [6, 6.07) is 19.2. The summed E-state index contributed by atoms with van der Waals surface area (Å²) in [6.45, 7) is 8.68. The molecule has 10 heteroatoms. The molecule has 1 atom stereocenters. The highest BCUT2D eigenvalue weighted by Gasteiger charge is 2.35. The summed E-state index contributed by atoms with van der Waals surface area (Å²) in [5, 5.41) is 3.39. The number of carbonyl (C=O) groups excluding carboxylic acids is 2. The zero-order chi connectivity index (χ0) is 30.4. The van der Waals surface area contributed by atoms with Gasteiger partial charge in [-0.1, -0.05) is 66.6 Å². The van der Waals surface area contributed by atoms with Gasteiger partial charge < -0.3 is 15.0 Å². The molecule has 3 aromatic rings. The van der Waals surface area contributed by atoms with Crippen LogP contribution in [0.4, 0.5) is 5.69 Å². The van der Waals surface area contributed by atoms with E-state index >= 15 is 0 Å². The number of para-hydroxylation sites is 2. The minimum Gasteiger partial charge on any atom is -0.495 e. The van der Waals surface area contributed by atoms with E-state index in [0.29, 0.717) is 17.0 Å². The first-order valence-electron chi connectivity index (χ1n) is 13.4. The van der Waals surface area contributed by atoms with E-state index in [1.165, 1.54) is 24.1 Å². The number of hydrogen-bond acceptors (Lipinski definition) is 5. The molecule has 3 aromatic carbocycles. The Bertz CT molecular complexity index is 1470. The number of rotatable bonds is 11. The summed E-state index contributed by atoms with van der Waals surface area (Å²) in [7, 11) is -2.78. The number of halogens is 1. The smallest absolute Gasteiger partial charge is 0.264 e. The monoisotopic (exact) mass is 599 g/mol. The second kappa shape index (κ2) is 13.4. The number of nitrogens with one attached hydrogen (secondary N) is 1. The Morgan fingerprint density at radius 2 is 1.59 bits per heavy atom. The molecule has 0 radical (unpaired) electrons. The topological polar surface area (TPSA) is 96.0 Å². The normalized spacial score (nSPS) is 12.4.